The second-order valence-corrected chi connectivity index (χ2v) is 10.1. The lowest BCUT2D eigenvalue weighted by Crippen LogP contribution is -2.29. The van der Waals surface area contributed by atoms with Gasteiger partial charge in [-0.3, -0.25) is 0 Å². The van der Waals surface area contributed by atoms with Gasteiger partial charge in [-0.1, -0.05) is 6.07 Å². The van der Waals surface area contributed by atoms with E-state index >= 15 is 0 Å². The third kappa shape index (κ3) is 2.60. The highest BCUT2D eigenvalue weighted by atomic mass is 32.2. The summed E-state index contributed by atoms with van der Waals surface area (Å²) in [4.78, 5) is 12.1. The molecule has 2 atom stereocenters. The molecule has 4 aromatic heterocycles. The summed E-state index contributed by atoms with van der Waals surface area (Å²) in [5, 5.41) is 13.0. The average molecular weight is 418 g/mol. The Kier molecular flexibility index (Phi) is 4.05. The van der Waals surface area contributed by atoms with E-state index in [9.17, 15) is 13.5 Å². The number of rotatable bonds is 4. The van der Waals surface area contributed by atoms with Gasteiger partial charge in [0.2, 0.25) is 0 Å². The van der Waals surface area contributed by atoms with Crippen molar-refractivity contribution in [3.8, 4) is 0 Å². The fourth-order valence-electron chi connectivity index (χ4n) is 3.95. The van der Waals surface area contributed by atoms with Crippen LogP contribution in [0.3, 0.4) is 0 Å². The molecule has 4 aromatic rings. The molecule has 0 radical (unpaired) electrons. The smallest absolute Gasteiger partial charge is 0.252 e. The number of aromatic nitrogens is 4. The Morgan fingerprint density at radius 2 is 2.25 bits per heavy atom. The third-order valence-electron chi connectivity index (χ3n) is 5.22. The van der Waals surface area contributed by atoms with Crippen molar-refractivity contribution >= 4 is 43.4 Å². The minimum atomic E-state index is -3.50. The molecule has 5 heterocycles. The van der Waals surface area contributed by atoms with E-state index in [1.165, 1.54) is 15.6 Å². The van der Waals surface area contributed by atoms with Crippen molar-refractivity contribution in [3.63, 3.8) is 0 Å². The largest absolute Gasteiger partial charge is 0.385 e. The van der Waals surface area contributed by atoms with Crippen molar-refractivity contribution < 1.29 is 13.5 Å². The number of aromatic amines is 1. The second kappa shape index (κ2) is 6.38. The van der Waals surface area contributed by atoms with Crippen LogP contribution >= 0.6 is 11.3 Å². The number of nitrogens with zero attached hydrogens (tertiary/aromatic N) is 4. The van der Waals surface area contributed by atoms with Crippen LogP contribution in [0.2, 0.25) is 0 Å². The van der Waals surface area contributed by atoms with Gasteiger partial charge in [-0.25, -0.2) is 18.4 Å². The van der Waals surface area contributed by atoms with Gasteiger partial charge in [0.05, 0.1) is 17.8 Å². The van der Waals surface area contributed by atoms with E-state index in [0.29, 0.717) is 35.1 Å². The van der Waals surface area contributed by atoms with Crippen molar-refractivity contribution in [1.29, 1.82) is 0 Å². The minimum absolute atomic E-state index is 0.107. The van der Waals surface area contributed by atoms with Crippen LogP contribution in [-0.4, -0.2) is 50.4 Å². The maximum Gasteiger partial charge on any atom is 0.252 e. The number of nitrogens with one attached hydrogen (secondary N) is 1. The summed E-state index contributed by atoms with van der Waals surface area (Å²) in [6.07, 6.45) is 3.39. The maximum atomic E-state index is 12.9. The van der Waals surface area contributed by atoms with Crippen LogP contribution in [0, 0.1) is 0 Å². The number of imidazole rings is 1. The van der Waals surface area contributed by atoms with Crippen LogP contribution in [0.4, 0.5) is 0 Å². The third-order valence-corrected chi connectivity index (χ3v) is 8.45. The molecule has 5 rings (SSSR count). The molecule has 8 nitrogen and oxygen atoms in total. The number of pyridine rings is 1. The summed E-state index contributed by atoms with van der Waals surface area (Å²) in [6.45, 7) is 2.46. The van der Waals surface area contributed by atoms with Crippen molar-refractivity contribution in [2.45, 2.75) is 29.7 Å². The van der Waals surface area contributed by atoms with E-state index in [2.05, 4.69) is 15.0 Å². The maximum absolute atomic E-state index is 12.9. The van der Waals surface area contributed by atoms with Gasteiger partial charge >= 0.3 is 0 Å². The number of hydrogen-bond acceptors (Lipinski definition) is 6. The Hall–Kier alpha value is -2.27. The van der Waals surface area contributed by atoms with Crippen LogP contribution < -0.4 is 0 Å². The molecule has 0 saturated carbocycles. The first-order valence-electron chi connectivity index (χ1n) is 9.02. The summed E-state index contributed by atoms with van der Waals surface area (Å²) in [7, 11) is -3.50. The van der Waals surface area contributed by atoms with E-state index in [1.807, 2.05) is 16.8 Å². The molecule has 1 saturated heterocycles. The topological polar surface area (TPSA) is 104 Å². The zero-order valence-corrected chi connectivity index (χ0v) is 16.7. The number of H-pyrrole nitrogens is 1. The molecule has 0 aromatic carbocycles. The number of thiophene rings is 1. The molecule has 2 N–H and O–H groups in total. The van der Waals surface area contributed by atoms with Crippen molar-refractivity contribution in [2.24, 2.45) is 0 Å². The van der Waals surface area contributed by atoms with Crippen LogP contribution in [0.15, 0.2) is 40.2 Å². The SMILES string of the molecule is CC(O)c1nc2cnc3[nH]ccc3c2n1C1CCN(S(=O)(=O)c2cccs2)C1. The van der Waals surface area contributed by atoms with Gasteiger partial charge < -0.3 is 14.7 Å². The lowest BCUT2D eigenvalue weighted by Gasteiger charge is -2.19. The standard InChI is InChI=1S/C18H19N5O3S2/c1-11(24)18-21-14-9-20-17-13(4-6-19-17)16(14)23(18)12-5-7-22(10-12)28(25,26)15-3-2-8-27-15/h2-4,6,8-9,11-12,24H,5,7,10H2,1H3,(H,19,20). The van der Waals surface area contributed by atoms with E-state index in [0.717, 1.165) is 16.6 Å². The zero-order chi connectivity index (χ0) is 19.5. The molecule has 0 spiro atoms. The number of hydrogen-bond donors (Lipinski definition) is 2. The first-order chi connectivity index (χ1) is 13.5. The van der Waals surface area contributed by atoms with Crippen molar-refractivity contribution in [1.82, 2.24) is 23.8 Å². The normalized spacial score (nSPS) is 19.7. The summed E-state index contributed by atoms with van der Waals surface area (Å²) in [6, 6.07) is 5.21. The Bertz CT molecular complexity index is 1260. The van der Waals surface area contributed by atoms with Gasteiger partial charge in [-0.2, -0.15) is 4.31 Å². The fraction of sp³-hybridized carbons (Fsp3) is 0.333. The van der Waals surface area contributed by atoms with Gasteiger partial charge in [0.15, 0.2) is 0 Å². The van der Waals surface area contributed by atoms with E-state index in [-0.39, 0.29) is 6.04 Å². The van der Waals surface area contributed by atoms with Crippen LogP contribution in [0.1, 0.15) is 31.3 Å². The molecular weight excluding hydrogens is 398 g/mol. The Morgan fingerprint density at radius 3 is 3.00 bits per heavy atom. The molecule has 28 heavy (non-hydrogen) atoms. The van der Waals surface area contributed by atoms with Gasteiger partial charge in [-0.05, 0) is 30.9 Å². The Labute approximate surface area is 165 Å². The molecule has 2 unspecified atom stereocenters. The van der Waals surface area contributed by atoms with Gasteiger partial charge in [0.25, 0.3) is 10.0 Å². The van der Waals surface area contributed by atoms with Gasteiger partial charge in [0, 0.05) is 24.7 Å². The molecule has 146 valence electrons. The van der Waals surface area contributed by atoms with Crippen molar-refractivity contribution in [2.75, 3.05) is 13.1 Å². The molecule has 1 aliphatic heterocycles. The van der Waals surface area contributed by atoms with Gasteiger partial charge in [0.1, 0.15) is 27.3 Å². The Balaban J connectivity index is 1.61. The Morgan fingerprint density at radius 1 is 1.39 bits per heavy atom. The summed E-state index contributed by atoms with van der Waals surface area (Å²) in [5.41, 5.74) is 2.32. The number of aliphatic hydroxyl groups excluding tert-OH is 1. The predicted octanol–water partition coefficient (Wildman–Crippen LogP) is 2.66. The predicted molar refractivity (Wildman–Crippen MR) is 107 cm³/mol. The van der Waals surface area contributed by atoms with E-state index in [4.69, 9.17) is 0 Å². The summed E-state index contributed by atoms with van der Waals surface area (Å²) < 4.78 is 29.7. The van der Waals surface area contributed by atoms with Crippen LogP contribution in [0.5, 0.6) is 0 Å². The quantitative estimate of drug-likeness (QED) is 0.531. The lowest BCUT2D eigenvalue weighted by molar-refractivity contribution is 0.182. The average Bonchev–Trinajstić information content (AvgIpc) is 3.46. The summed E-state index contributed by atoms with van der Waals surface area (Å²) >= 11 is 1.23. The number of fused-ring (bicyclic) bond motifs is 3. The molecule has 10 heteroatoms. The van der Waals surface area contributed by atoms with E-state index < -0.39 is 16.1 Å². The molecule has 0 amide bonds. The zero-order valence-electron chi connectivity index (χ0n) is 15.1. The molecule has 0 aliphatic carbocycles. The van der Waals surface area contributed by atoms with Gasteiger partial charge in [-0.15, -0.1) is 11.3 Å². The number of aliphatic hydroxyl groups is 1. The summed E-state index contributed by atoms with van der Waals surface area (Å²) in [5.74, 6) is 0.533. The van der Waals surface area contributed by atoms with E-state index in [1.54, 1.807) is 30.6 Å². The first kappa shape index (κ1) is 17.8. The highest BCUT2D eigenvalue weighted by Crippen LogP contribution is 2.35. The fourth-order valence-corrected chi connectivity index (χ4v) is 6.59. The highest BCUT2D eigenvalue weighted by molar-refractivity contribution is 7.91. The monoisotopic (exact) mass is 417 g/mol. The molecule has 0 bridgehead atoms. The first-order valence-corrected chi connectivity index (χ1v) is 11.3. The second-order valence-electron chi connectivity index (χ2n) is 6.99. The molecule has 1 fully saturated rings. The molecule has 1 aliphatic rings. The lowest BCUT2D eigenvalue weighted by atomic mass is 10.2. The number of sulfonamides is 1. The highest BCUT2D eigenvalue weighted by Gasteiger charge is 2.36. The minimum Gasteiger partial charge on any atom is -0.385 e. The molecular formula is C18H19N5O3S2. The van der Waals surface area contributed by atoms with Crippen molar-refractivity contribution in [3.05, 3.63) is 41.8 Å². The van der Waals surface area contributed by atoms with Crippen LogP contribution in [-0.2, 0) is 10.0 Å². The van der Waals surface area contributed by atoms with Crippen LogP contribution in [0.25, 0.3) is 22.1 Å².